The van der Waals surface area contributed by atoms with Gasteiger partial charge in [0.25, 0.3) is 0 Å². The summed E-state index contributed by atoms with van der Waals surface area (Å²) in [5, 5.41) is 19.9. The van der Waals surface area contributed by atoms with Crippen LogP contribution in [0.25, 0.3) is 44.2 Å². The van der Waals surface area contributed by atoms with Crippen LogP contribution in [0.3, 0.4) is 0 Å². The van der Waals surface area contributed by atoms with Crippen LogP contribution in [0.2, 0.25) is 0 Å². The minimum atomic E-state index is -0.708. The number of ether oxygens (including phenoxy) is 1. The van der Waals surface area contributed by atoms with Crippen LogP contribution >= 0.6 is 0 Å². The van der Waals surface area contributed by atoms with Crippen molar-refractivity contribution in [3.8, 4) is 33.9 Å². The van der Waals surface area contributed by atoms with Crippen LogP contribution in [0.5, 0.6) is 11.5 Å². The fraction of sp³-hybridized carbons (Fsp3) is 0.133. The molecule has 0 spiro atoms. The molecule has 1 atom stereocenters. The third-order valence-electron chi connectivity index (χ3n) is 6.78. The Kier molecular flexibility index (Phi) is 6.01. The van der Waals surface area contributed by atoms with Gasteiger partial charge in [-0.3, -0.25) is 10.1 Å². The lowest BCUT2D eigenvalue weighted by molar-refractivity contribution is 0.287. The number of H-pyrrole nitrogens is 2. The van der Waals surface area contributed by atoms with E-state index in [1.807, 2.05) is 55.6 Å². The Morgan fingerprint density at radius 1 is 1.03 bits per heavy atom. The molecular formula is C30H26FN5O2. The van der Waals surface area contributed by atoms with E-state index in [2.05, 4.69) is 26.2 Å². The second kappa shape index (κ2) is 9.64. The number of benzene rings is 3. The Labute approximate surface area is 218 Å². The highest BCUT2D eigenvalue weighted by Gasteiger charge is 2.18. The number of hydrogen-bond donors (Lipinski definition) is 4. The van der Waals surface area contributed by atoms with E-state index in [1.165, 1.54) is 6.07 Å². The second-order valence-corrected chi connectivity index (χ2v) is 9.42. The van der Waals surface area contributed by atoms with Gasteiger partial charge in [0, 0.05) is 45.3 Å². The van der Waals surface area contributed by atoms with Crippen molar-refractivity contribution in [3.63, 3.8) is 0 Å². The lowest BCUT2D eigenvalue weighted by atomic mass is 9.97. The van der Waals surface area contributed by atoms with Crippen LogP contribution in [0.1, 0.15) is 11.3 Å². The summed E-state index contributed by atoms with van der Waals surface area (Å²) >= 11 is 0. The average Bonchev–Trinajstić information content (AvgIpc) is 3.52. The maximum Gasteiger partial charge on any atom is 0.165 e. The van der Waals surface area contributed by atoms with E-state index < -0.39 is 11.6 Å². The maximum atomic E-state index is 14.2. The van der Waals surface area contributed by atoms with Crippen molar-refractivity contribution in [2.45, 2.75) is 19.4 Å². The fourth-order valence-electron chi connectivity index (χ4n) is 4.82. The topological polar surface area (TPSA) is 113 Å². The number of hydrogen-bond acceptors (Lipinski definition) is 5. The van der Waals surface area contributed by atoms with E-state index in [1.54, 1.807) is 18.3 Å². The van der Waals surface area contributed by atoms with Gasteiger partial charge in [-0.1, -0.05) is 30.3 Å². The number of phenolic OH excluding ortho intramolecular Hbond substituents is 1. The number of para-hydroxylation sites is 2. The minimum Gasteiger partial charge on any atom is -0.504 e. The van der Waals surface area contributed by atoms with Gasteiger partial charge in [-0.15, -0.1) is 0 Å². The van der Waals surface area contributed by atoms with Gasteiger partial charge in [0.1, 0.15) is 12.4 Å². The third-order valence-corrected chi connectivity index (χ3v) is 6.78. The fourth-order valence-corrected chi connectivity index (χ4v) is 4.82. The molecule has 0 saturated heterocycles. The Hall–Kier alpha value is -4.69. The summed E-state index contributed by atoms with van der Waals surface area (Å²) in [4.78, 5) is 7.87. The smallest absolute Gasteiger partial charge is 0.165 e. The summed E-state index contributed by atoms with van der Waals surface area (Å²) in [7, 11) is 0. The Morgan fingerprint density at radius 2 is 1.89 bits per heavy atom. The van der Waals surface area contributed by atoms with Crippen molar-refractivity contribution in [3.05, 3.63) is 96.2 Å². The van der Waals surface area contributed by atoms with E-state index in [4.69, 9.17) is 10.5 Å². The number of aryl methyl sites for hydroxylation is 1. The molecule has 0 amide bonds. The van der Waals surface area contributed by atoms with Gasteiger partial charge >= 0.3 is 0 Å². The number of aromatic nitrogens is 4. The summed E-state index contributed by atoms with van der Waals surface area (Å²) in [6.07, 6.45) is 4.21. The minimum absolute atomic E-state index is 0.241. The number of nitrogens with two attached hydrogens (primary N) is 1. The summed E-state index contributed by atoms with van der Waals surface area (Å²) in [5.74, 6) is -0.630. The van der Waals surface area contributed by atoms with Gasteiger partial charge in [0.2, 0.25) is 0 Å². The van der Waals surface area contributed by atoms with Crippen molar-refractivity contribution in [1.29, 1.82) is 0 Å². The predicted molar refractivity (Wildman–Crippen MR) is 147 cm³/mol. The number of rotatable bonds is 7. The highest BCUT2D eigenvalue weighted by Crippen LogP contribution is 2.39. The van der Waals surface area contributed by atoms with Gasteiger partial charge < -0.3 is 20.6 Å². The Balaban J connectivity index is 1.32. The van der Waals surface area contributed by atoms with Crippen LogP contribution in [-0.2, 0) is 6.42 Å². The van der Waals surface area contributed by atoms with E-state index in [-0.39, 0.29) is 12.6 Å². The largest absolute Gasteiger partial charge is 0.504 e. The summed E-state index contributed by atoms with van der Waals surface area (Å²) in [6.45, 7) is 2.23. The number of phenols is 1. The first kappa shape index (κ1) is 23.7. The first-order valence-electron chi connectivity index (χ1n) is 12.3. The standard InChI is InChI=1S/C30H26FN5O2/c1-17-24-12-18(9-10-28(24)36-35-17)25-13-21(15-34-29(25)23-6-4-7-26(31)30(23)37)38-16-20(32)11-19-14-33-27-8-3-2-5-22(19)27/h2-10,12-15,20,33,37H,11,16,32H2,1H3,(H,35,36)/t20-/m1/s1. The number of fused-ring (bicyclic) bond motifs is 2. The van der Waals surface area contributed by atoms with Gasteiger partial charge in [0.15, 0.2) is 11.6 Å². The Morgan fingerprint density at radius 3 is 2.79 bits per heavy atom. The van der Waals surface area contributed by atoms with Gasteiger partial charge in [-0.2, -0.15) is 5.10 Å². The molecular weight excluding hydrogens is 481 g/mol. The van der Waals surface area contributed by atoms with Crippen LogP contribution in [-0.4, -0.2) is 37.9 Å². The highest BCUT2D eigenvalue weighted by atomic mass is 19.1. The molecule has 0 aliphatic rings. The normalized spacial score (nSPS) is 12.3. The van der Waals surface area contributed by atoms with Gasteiger partial charge in [0.05, 0.1) is 17.4 Å². The van der Waals surface area contributed by atoms with Gasteiger partial charge in [-0.05, 0) is 60.9 Å². The Bertz CT molecular complexity index is 1770. The number of nitrogens with zero attached hydrogens (tertiary/aromatic N) is 2. The number of nitrogens with one attached hydrogen (secondary N) is 2. The molecule has 0 bridgehead atoms. The average molecular weight is 508 g/mol. The molecule has 0 radical (unpaired) electrons. The number of aromatic amines is 2. The molecule has 6 aromatic rings. The third kappa shape index (κ3) is 4.35. The zero-order chi connectivity index (χ0) is 26.2. The first-order valence-corrected chi connectivity index (χ1v) is 12.3. The molecule has 5 N–H and O–H groups in total. The number of aromatic hydroxyl groups is 1. The van der Waals surface area contributed by atoms with E-state index in [9.17, 15) is 9.50 Å². The summed E-state index contributed by atoms with van der Waals surface area (Å²) in [6, 6.07) is 20.0. The van der Waals surface area contributed by atoms with Crippen molar-refractivity contribution in [1.82, 2.24) is 20.2 Å². The van der Waals surface area contributed by atoms with Crippen molar-refractivity contribution < 1.29 is 14.2 Å². The summed E-state index contributed by atoms with van der Waals surface area (Å²) in [5.41, 5.74) is 12.7. The van der Waals surface area contributed by atoms with E-state index in [0.29, 0.717) is 29.0 Å². The van der Waals surface area contributed by atoms with E-state index >= 15 is 0 Å². The SMILES string of the molecule is Cc1[nH]nc2ccc(-c3cc(OC[C@H](N)Cc4c[nH]c5ccccc45)cnc3-c3cccc(F)c3O)cc12. The maximum absolute atomic E-state index is 14.2. The highest BCUT2D eigenvalue weighted by molar-refractivity contribution is 5.91. The lowest BCUT2D eigenvalue weighted by Crippen LogP contribution is -2.30. The van der Waals surface area contributed by atoms with Gasteiger partial charge in [-0.25, -0.2) is 4.39 Å². The monoisotopic (exact) mass is 507 g/mol. The first-order chi connectivity index (χ1) is 18.5. The molecule has 7 nitrogen and oxygen atoms in total. The van der Waals surface area contributed by atoms with Crippen molar-refractivity contribution >= 4 is 21.8 Å². The molecule has 38 heavy (non-hydrogen) atoms. The van der Waals surface area contributed by atoms with Crippen LogP contribution < -0.4 is 10.5 Å². The molecule has 0 aliphatic heterocycles. The van der Waals surface area contributed by atoms with Crippen molar-refractivity contribution in [2.24, 2.45) is 5.73 Å². The second-order valence-electron chi connectivity index (χ2n) is 9.42. The molecule has 0 unspecified atom stereocenters. The zero-order valence-electron chi connectivity index (χ0n) is 20.7. The predicted octanol–water partition coefficient (Wildman–Crippen LogP) is 5.88. The molecule has 0 fully saturated rings. The van der Waals surface area contributed by atoms with Crippen LogP contribution in [0.4, 0.5) is 4.39 Å². The number of pyridine rings is 1. The quantitative estimate of drug-likeness (QED) is 0.216. The number of halogens is 1. The van der Waals surface area contributed by atoms with Crippen molar-refractivity contribution in [2.75, 3.05) is 6.61 Å². The zero-order valence-corrected chi connectivity index (χ0v) is 20.7. The lowest BCUT2D eigenvalue weighted by Gasteiger charge is -2.16. The molecule has 0 aliphatic carbocycles. The molecule has 6 rings (SSSR count). The molecule has 3 heterocycles. The molecule has 0 saturated carbocycles. The van der Waals surface area contributed by atoms with Crippen LogP contribution in [0, 0.1) is 12.7 Å². The molecule has 8 heteroatoms. The molecule has 3 aromatic carbocycles. The molecule has 190 valence electrons. The van der Waals surface area contributed by atoms with E-state index in [0.717, 1.165) is 38.6 Å². The summed E-state index contributed by atoms with van der Waals surface area (Å²) < 4.78 is 20.3. The van der Waals surface area contributed by atoms with Crippen LogP contribution in [0.15, 0.2) is 79.1 Å². The molecule has 3 aromatic heterocycles.